The molecule has 0 saturated carbocycles. The average molecular weight is 350 g/mol. The fraction of sp³-hybridized carbons (Fsp3) is 0.421. The highest BCUT2D eigenvalue weighted by molar-refractivity contribution is 5.52. The van der Waals surface area contributed by atoms with E-state index in [2.05, 4.69) is 31.2 Å². The summed E-state index contributed by atoms with van der Waals surface area (Å²) in [5.41, 5.74) is 1.85. The molecule has 0 amide bonds. The first-order valence-corrected chi connectivity index (χ1v) is 8.99. The van der Waals surface area contributed by atoms with Crippen molar-refractivity contribution in [3.05, 3.63) is 42.1 Å². The van der Waals surface area contributed by atoms with Crippen LogP contribution in [-0.2, 0) is 4.74 Å². The molecule has 2 aliphatic heterocycles. The van der Waals surface area contributed by atoms with Crippen molar-refractivity contribution in [1.82, 2.24) is 9.97 Å². The van der Waals surface area contributed by atoms with Gasteiger partial charge in [0.2, 0.25) is 5.95 Å². The minimum atomic E-state index is 0.345. The molecule has 2 aliphatic rings. The molecule has 0 bridgehead atoms. The number of hydrogen-bond donors (Lipinski definition) is 1. The first kappa shape index (κ1) is 16.6. The van der Waals surface area contributed by atoms with E-state index in [1.54, 1.807) is 0 Å². The molecule has 2 saturated heterocycles. The Morgan fingerprint density at radius 1 is 1.08 bits per heavy atom. The lowest BCUT2D eigenvalue weighted by Crippen LogP contribution is -2.37. The largest absolute Gasteiger partial charge is 0.378 e. The topological polar surface area (TPSA) is 77.3 Å². The average Bonchev–Trinajstić information content (AvgIpc) is 3.17. The van der Waals surface area contributed by atoms with Crippen molar-refractivity contribution in [2.45, 2.75) is 12.5 Å². The van der Waals surface area contributed by atoms with Gasteiger partial charge in [-0.2, -0.15) is 10.2 Å². The highest BCUT2D eigenvalue weighted by atomic mass is 16.5. The third kappa shape index (κ3) is 3.70. The third-order valence-electron chi connectivity index (χ3n) is 4.84. The van der Waals surface area contributed by atoms with Gasteiger partial charge in [0.1, 0.15) is 5.82 Å². The molecule has 2 fully saturated rings. The molecule has 0 aliphatic carbocycles. The van der Waals surface area contributed by atoms with Crippen LogP contribution in [0.3, 0.4) is 0 Å². The molecule has 0 spiro atoms. The lowest BCUT2D eigenvalue weighted by molar-refractivity contribution is 0.122. The summed E-state index contributed by atoms with van der Waals surface area (Å²) in [6, 6.07) is 12.2. The maximum atomic E-state index is 8.92. The zero-order valence-corrected chi connectivity index (χ0v) is 14.6. The van der Waals surface area contributed by atoms with Gasteiger partial charge in [-0.25, -0.2) is 4.98 Å². The maximum absolute atomic E-state index is 8.92. The summed E-state index contributed by atoms with van der Waals surface area (Å²) in [6.07, 6.45) is 2.87. The number of nitrogens with zero attached hydrogens (tertiary/aromatic N) is 5. The Kier molecular flexibility index (Phi) is 4.84. The van der Waals surface area contributed by atoms with Crippen molar-refractivity contribution in [2.24, 2.45) is 0 Å². The van der Waals surface area contributed by atoms with Crippen LogP contribution in [0.1, 0.15) is 12.0 Å². The van der Waals surface area contributed by atoms with Crippen LogP contribution in [0.4, 0.5) is 17.5 Å². The first-order chi connectivity index (χ1) is 12.8. The zero-order chi connectivity index (χ0) is 17.8. The molecule has 1 aromatic carbocycles. The zero-order valence-electron chi connectivity index (χ0n) is 14.6. The Bertz CT molecular complexity index is 781. The number of rotatable bonds is 4. The van der Waals surface area contributed by atoms with E-state index in [4.69, 9.17) is 10.00 Å². The van der Waals surface area contributed by atoms with E-state index in [1.165, 1.54) is 0 Å². The summed E-state index contributed by atoms with van der Waals surface area (Å²) >= 11 is 0. The van der Waals surface area contributed by atoms with E-state index in [9.17, 15) is 0 Å². The number of nitriles is 1. The lowest BCUT2D eigenvalue weighted by Gasteiger charge is -2.27. The van der Waals surface area contributed by atoms with E-state index < -0.39 is 0 Å². The molecule has 4 rings (SSSR count). The van der Waals surface area contributed by atoms with Crippen molar-refractivity contribution in [2.75, 3.05) is 54.5 Å². The quantitative estimate of drug-likeness (QED) is 0.902. The van der Waals surface area contributed by atoms with Crippen LogP contribution < -0.4 is 15.1 Å². The van der Waals surface area contributed by atoms with E-state index in [0.717, 1.165) is 63.3 Å². The van der Waals surface area contributed by atoms with Gasteiger partial charge in [-0.3, -0.25) is 0 Å². The van der Waals surface area contributed by atoms with Gasteiger partial charge >= 0.3 is 0 Å². The first-order valence-electron chi connectivity index (χ1n) is 8.99. The van der Waals surface area contributed by atoms with Gasteiger partial charge in [-0.15, -0.1) is 0 Å². The molecular formula is C19H22N6O. The smallest absolute Gasteiger partial charge is 0.227 e. The molecule has 1 atom stereocenters. The second-order valence-electron chi connectivity index (χ2n) is 6.58. The fourth-order valence-corrected chi connectivity index (χ4v) is 3.41. The molecule has 7 nitrogen and oxygen atoms in total. The number of nitrogens with one attached hydrogen (secondary N) is 1. The van der Waals surface area contributed by atoms with Gasteiger partial charge in [-0.1, -0.05) is 0 Å². The van der Waals surface area contributed by atoms with Crippen molar-refractivity contribution < 1.29 is 4.74 Å². The Balaban J connectivity index is 1.38. The monoisotopic (exact) mass is 350 g/mol. The van der Waals surface area contributed by atoms with Crippen LogP contribution in [-0.4, -0.2) is 55.4 Å². The highest BCUT2D eigenvalue weighted by Gasteiger charge is 2.23. The van der Waals surface area contributed by atoms with Crippen LogP contribution >= 0.6 is 0 Å². The summed E-state index contributed by atoms with van der Waals surface area (Å²) in [6.45, 7) is 5.03. The van der Waals surface area contributed by atoms with Crippen LogP contribution in [0.25, 0.3) is 0 Å². The molecule has 1 aromatic heterocycles. The van der Waals surface area contributed by atoms with Crippen LogP contribution in [0, 0.1) is 11.3 Å². The molecule has 0 radical (unpaired) electrons. The van der Waals surface area contributed by atoms with Gasteiger partial charge < -0.3 is 19.9 Å². The molecule has 7 heteroatoms. The summed E-state index contributed by atoms with van der Waals surface area (Å²) in [5, 5.41) is 12.5. The van der Waals surface area contributed by atoms with Gasteiger partial charge in [-0.05, 0) is 36.8 Å². The fourth-order valence-electron chi connectivity index (χ4n) is 3.41. The minimum Gasteiger partial charge on any atom is -0.378 e. The van der Waals surface area contributed by atoms with Gasteiger partial charge in [0, 0.05) is 44.1 Å². The second kappa shape index (κ2) is 7.58. The summed E-state index contributed by atoms with van der Waals surface area (Å²) in [4.78, 5) is 13.6. The maximum Gasteiger partial charge on any atom is 0.227 e. The molecule has 2 aromatic rings. The highest BCUT2D eigenvalue weighted by Crippen LogP contribution is 2.23. The Morgan fingerprint density at radius 3 is 2.65 bits per heavy atom. The van der Waals surface area contributed by atoms with Crippen LogP contribution in [0.15, 0.2) is 36.5 Å². The Morgan fingerprint density at radius 2 is 1.88 bits per heavy atom. The van der Waals surface area contributed by atoms with Crippen molar-refractivity contribution in [1.29, 1.82) is 5.26 Å². The van der Waals surface area contributed by atoms with Crippen LogP contribution in [0.2, 0.25) is 0 Å². The summed E-state index contributed by atoms with van der Waals surface area (Å²) in [5.74, 6) is 1.63. The van der Waals surface area contributed by atoms with E-state index >= 15 is 0 Å². The lowest BCUT2D eigenvalue weighted by atomic mass is 10.2. The molecule has 3 heterocycles. The van der Waals surface area contributed by atoms with Gasteiger partial charge in [0.25, 0.3) is 0 Å². The molecule has 26 heavy (non-hydrogen) atoms. The molecular weight excluding hydrogens is 328 g/mol. The molecule has 1 unspecified atom stereocenters. The summed E-state index contributed by atoms with van der Waals surface area (Å²) in [7, 11) is 0. The standard InChI is InChI=1S/C19H22N6O/c20-13-15-1-3-17(4-2-15)25-8-6-16(14-25)22-18-5-7-21-19(23-18)24-9-11-26-12-10-24/h1-5,7,16H,6,8-12,14H2,(H,21,22,23). The van der Waals surface area contributed by atoms with Crippen molar-refractivity contribution in [3.8, 4) is 6.07 Å². The number of aromatic nitrogens is 2. The second-order valence-corrected chi connectivity index (χ2v) is 6.58. The number of benzene rings is 1. The minimum absolute atomic E-state index is 0.345. The predicted molar refractivity (Wildman–Crippen MR) is 100 cm³/mol. The van der Waals surface area contributed by atoms with Crippen LogP contribution in [0.5, 0.6) is 0 Å². The van der Waals surface area contributed by atoms with Crippen molar-refractivity contribution >= 4 is 17.5 Å². The van der Waals surface area contributed by atoms with E-state index in [1.807, 2.05) is 36.5 Å². The SMILES string of the molecule is N#Cc1ccc(N2CCC(Nc3ccnc(N4CCOCC4)n3)C2)cc1. The Hall–Kier alpha value is -2.85. The number of ether oxygens (including phenoxy) is 1. The van der Waals surface area contributed by atoms with E-state index in [0.29, 0.717) is 11.6 Å². The Labute approximate surface area is 153 Å². The third-order valence-corrected chi connectivity index (χ3v) is 4.84. The normalized spacial score (nSPS) is 20.0. The summed E-state index contributed by atoms with van der Waals surface area (Å²) < 4.78 is 5.39. The van der Waals surface area contributed by atoms with Gasteiger partial charge in [0.05, 0.1) is 24.8 Å². The predicted octanol–water partition coefficient (Wildman–Crippen LogP) is 1.88. The van der Waals surface area contributed by atoms with Gasteiger partial charge in [0.15, 0.2) is 0 Å². The van der Waals surface area contributed by atoms with E-state index in [-0.39, 0.29) is 0 Å². The number of morpholine rings is 1. The van der Waals surface area contributed by atoms with Crippen molar-refractivity contribution in [3.63, 3.8) is 0 Å². The number of anilines is 3. The molecule has 1 N–H and O–H groups in total. The number of hydrogen-bond acceptors (Lipinski definition) is 7. The molecule has 134 valence electrons.